The summed E-state index contributed by atoms with van der Waals surface area (Å²) in [6.45, 7) is 2.23. The van der Waals surface area contributed by atoms with Gasteiger partial charge in [-0.2, -0.15) is 5.10 Å². The van der Waals surface area contributed by atoms with Gasteiger partial charge in [0, 0.05) is 40.0 Å². The number of H-pyrrole nitrogens is 2. The highest BCUT2D eigenvalue weighted by Crippen LogP contribution is 2.57. The smallest absolute Gasteiger partial charge is 0.231 e. The molecule has 264 valence electrons. The number of aromatic nitrogens is 8. The lowest BCUT2D eigenvalue weighted by molar-refractivity contribution is -0.134. The molecule has 0 saturated heterocycles. The Morgan fingerprint density at radius 2 is 1.55 bits per heavy atom. The van der Waals surface area contributed by atoms with Crippen molar-refractivity contribution in [2.45, 2.75) is 50.9 Å². The first-order valence-electron chi connectivity index (χ1n) is 17.8. The second kappa shape index (κ2) is 13.0. The molecule has 4 aliphatic rings. The van der Waals surface area contributed by atoms with E-state index in [2.05, 4.69) is 30.1 Å². The van der Waals surface area contributed by atoms with Crippen LogP contribution in [0.3, 0.4) is 0 Å². The van der Waals surface area contributed by atoms with E-state index in [1.165, 1.54) is 0 Å². The normalized spacial score (nSPS) is 19.9. The number of rotatable bonds is 6. The van der Waals surface area contributed by atoms with Crippen molar-refractivity contribution in [3.05, 3.63) is 109 Å². The number of imidazole rings is 1. The molecule has 1 amide bonds. The Hall–Kier alpha value is -6.43. The van der Waals surface area contributed by atoms with Gasteiger partial charge in [0.2, 0.25) is 12.7 Å². The van der Waals surface area contributed by atoms with Crippen LogP contribution in [0.25, 0.3) is 56.3 Å². The highest BCUT2D eigenvalue weighted by molar-refractivity contribution is 5.83. The number of nitrogens with one attached hydrogen (secondary N) is 2. The van der Waals surface area contributed by atoms with Crippen molar-refractivity contribution >= 4 is 16.9 Å². The Kier molecular flexibility index (Phi) is 7.94. The highest BCUT2D eigenvalue weighted by Gasteiger charge is 2.53. The number of ether oxygens (including phenoxy) is 2. The van der Waals surface area contributed by atoms with E-state index in [1.54, 1.807) is 18.6 Å². The van der Waals surface area contributed by atoms with Gasteiger partial charge in [-0.3, -0.25) is 24.8 Å². The summed E-state index contributed by atoms with van der Waals surface area (Å²) in [5.41, 5.74) is 15.2. The molecule has 1 aliphatic heterocycles. The van der Waals surface area contributed by atoms with Gasteiger partial charge in [-0.05, 0) is 112 Å². The van der Waals surface area contributed by atoms with Crippen LogP contribution in [-0.4, -0.2) is 52.8 Å². The molecule has 11 rings (SSSR count). The number of benzene rings is 1. The van der Waals surface area contributed by atoms with Crippen molar-refractivity contribution in [1.82, 2.24) is 40.1 Å². The van der Waals surface area contributed by atoms with Crippen molar-refractivity contribution in [2.75, 3.05) is 6.79 Å². The molecule has 7 heterocycles. The monoisotopic (exact) mass is 703 g/mol. The average Bonchev–Trinajstić information content (AvgIpc) is 4.00. The van der Waals surface area contributed by atoms with E-state index in [0.717, 1.165) is 118 Å². The minimum Gasteiger partial charge on any atom is -0.454 e. The van der Waals surface area contributed by atoms with Gasteiger partial charge in [-0.1, -0.05) is 12.1 Å². The first kappa shape index (κ1) is 32.5. The second-order valence-corrected chi connectivity index (χ2v) is 14.1. The second-order valence-electron chi connectivity index (χ2n) is 14.1. The van der Waals surface area contributed by atoms with Crippen LogP contribution in [0.1, 0.15) is 50.0 Å². The molecular formula is C41H37N9O3. The predicted octanol–water partition coefficient (Wildman–Crippen LogP) is 7.34. The third kappa shape index (κ3) is 5.85. The number of hydrogen-bond donors (Lipinski definition) is 3. The summed E-state index contributed by atoms with van der Waals surface area (Å²) in [5.74, 6) is 2.33. The summed E-state index contributed by atoms with van der Waals surface area (Å²) < 4.78 is 11.1. The molecule has 1 aromatic carbocycles. The lowest BCUT2D eigenvalue weighted by Gasteiger charge is -2.51. The molecule has 2 bridgehead atoms. The van der Waals surface area contributed by atoms with E-state index < -0.39 is 0 Å². The fraction of sp³-hybridized carbons (Fsp3) is 0.244. The van der Waals surface area contributed by atoms with Gasteiger partial charge in [0.1, 0.15) is 5.82 Å². The van der Waals surface area contributed by atoms with Crippen LogP contribution in [0.5, 0.6) is 11.5 Å². The molecule has 12 nitrogen and oxygen atoms in total. The minimum absolute atomic E-state index is 0.0512. The fourth-order valence-corrected chi connectivity index (χ4v) is 7.95. The van der Waals surface area contributed by atoms with Gasteiger partial charge in [-0.25, -0.2) is 9.97 Å². The van der Waals surface area contributed by atoms with Gasteiger partial charge in [0.05, 0.1) is 51.4 Å². The van der Waals surface area contributed by atoms with Crippen molar-refractivity contribution < 1.29 is 14.3 Å². The molecule has 12 heteroatoms. The van der Waals surface area contributed by atoms with Gasteiger partial charge in [-0.15, -0.1) is 0 Å². The summed E-state index contributed by atoms with van der Waals surface area (Å²) in [7, 11) is 0. The Morgan fingerprint density at radius 3 is 2.34 bits per heavy atom. The number of amides is 1. The van der Waals surface area contributed by atoms with E-state index >= 15 is 0 Å². The maximum Gasteiger partial charge on any atom is 0.231 e. The van der Waals surface area contributed by atoms with Crippen LogP contribution in [-0.2, 0) is 10.2 Å². The number of carbonyl (C=O) groups excluding carboxylic acids is 1. The molecule has 0 atom stereocenters. The largest absolute Gasteiger partial charge is 0.454 e. The lowest BCUT2D eigenvalue weighted by atomic mass is 9.53. The molecule has 53 heavy (non-hydrogen) atoms. The first-order chi connectivity index (χ1) is 25.9. The van der Waals surface area contributed by atoms with Crippen molar-refractivity contribution in [3.8, 4) is 56.8 Å². The van der Waals surface area contributed by atoms with Gasteiger partial charge >= 0.3 is 0 Å². The Bertz CT molecular complexity index is 2450. The quantitative estimate of drug-likeness (QED) is 0.160. The zero-order chi connectivity index (χ0) is 36.0. The summed E-state index contributed by atoms with van der Waals surface area (Å²) in [5, 5.41) is 7.13. The molecule has 0 spiro atoms. The van der Waals surface area contributed by atoms with Gasteiger partial charge in [0.25, 0.3) is 0 Å². The number of nitrogens with two attached hydrogens (primary N) is 1. The average molecular weight is 704 g/mol. The molecule has 0 radical (unpaired) electrons. The zero-order valence-corrected chi connectivity index (χ0v) is 29.2. The number of nitrogens with zero attached hydrogens (tertiary/aromatic N) is 6. The zero-order valence-electron chi connectivity index (χ0n) is 29.2. The number of pyridine rings is 4. The third-order valence-corrected chi connectivity index (χ3v) is 11.1. The number of fused-ring (bicyclic) bond motifs is 5. The molecule has 0 unspecified atom stereocenters. The maximum atomic E-state index is 12.1. The van der Waals surface area contributed by atoms with Crippen LogP contribution < -0.4 is 15.2 Å². The van der Waals surface area contributed by atoms with Gasteiger partial charge in [0.15, 0.2) is 11.5 Å². The Labute approximate surface area is 305 Å². The number of primary amides is 1. The fourth-order valence-electron chi connectivity index (χ4n) is 7.95. The number of carbonyl (C=O) groups is 1. The van der Waals surface area contributed by atoms with E-state index in [1.807, 2.05) is 85.8 Å². The molecule has 6 aromatic heterocycles. The Balaban J connectivity index is 0.000000153. The summed E-state index contributed by atoms with van der Waals surface area (Å²) >= 11 is 0. The standard InChI is InChI=1S/C25H26N4O3.C16H11N5/c1-15-3-2-4-17(27-15)21-20(16-5-6-18-19(13-16)32-14-31-18)28-23(29-21)25-10-7-24(8-11-25,9-12-25)22(26)30;1-2-8-18-15(4-1)16-11(10-19-21-16)12-6-7-13-14(20-12)5-3-9-17-13/h2-6,13H,7-12,14H2,1H3,(H2,26,30)(H,28,29);1-10H,(H,19,21). The SMILES string of the molecule is Cc1cccc(-c2[nH]c(C34CCC(C(N)=O)(CC3)CC4)nc2-c2ccc3c(c2)OCO3)n1.c1ccc(-c2[nH]ncc2-c2ccc3ncccc3n2)nc1. The molecule has 3 saturated carbocycles. The number of hydrogen-bond acceptors (Lipinski definition) is 9. The van der Waals surface area contributed by atoms with Crippen LogP contribution in [0.4, 0.5) is 0 Å². The maximum absolute atomic E-state index is 12.1. The number of aromatic amines is 2. The lowest BCUT2D eigenvalue weighted by Crippen LogP contribution is -2.50. The van der Waals surface area contributed by atoms with E-state index in [0.29, 0.717) is 0 Å². The highest BCUT2D eigenvalue weighted by atomic mass is 16.7. The van der Waals surface area contributed by atoms with E-state index in [4.69, 9.17) is 25.2 Å². The number of aryl methyl sites for hydroxylation is 1. The predicted molar refractivity (Wildman–Crippen MR) is 199 cm³/mol. The Morgan fingerprint density at radius 1 is 0.736 bits per heavy atom. The summed E-state index contributed by atoms with van der Waals surface area (Å²) in [6.07, 6.45) is 10.6. The summed E-state index contributed by atoms with van der Waals surface area (Å²) in [6, 6.07) is 25.5. The summed E-state index contributed by atoms with van der Waals surface area (Å²) in [4.78, 5) is 39.0. The van der Waals surface area contributed by atoms with Crippen molar-refractivity contribution in [1.29, 1.82) is 0 Å². The molecule has 3 aliphatic carbocycles. The van der Waals surface area contributed by atoms with Crippen molar-refractivity contribution in [2.24, 2.45) is 11.1 Å². The molecule has 4 N–H and O–H groups in total. The van der Waals surface area contributed by atoms with Crippen molar-refractivity contribution in [3.63, 3.8) is 0 Å². The van der Waals surface area contributed by atoms with Crippen LogP contribution in [0, 0.1) is 12.3 Å². The van der Waals surface area contributed by atoms with Crippen LogP contribution in [0.2, 0.25) is 0 Å². The van der Waals surface area contributed by atoms with E-state index in [9.17, 15) is 4.79 Å². The molecule has 7 aromatic rings. The van der Waals surface area contributed by atoms with Crippen LogP contribution >= 0.6 is 0 Å². The van der Waals surface area contributed by atoms with Gasteiger partial charge < -0.3 is 20.2 Å². The topological polar surface area (TPSA) is 170 Å². The molecular weight excluding hydrogens is 667 g/mol. The molecule has 3 fully saturated rings. The minimum atomic E-state index is -0.324. The van der Waals surface area contributed by atoms with E-state index in [-0.39, 0.29) is 23.5 Å². The first-order valence-corrected chi connectivity index (χ1v) is 17.8. The van der Waals surface area contributed by atoms with Crippen LogP contribution in [0.15, 0.2) is 97.5 Å². The third-order valence-electron chi connectivity index (χ3n) is 11.1.